The summed E-state index contributed by atoms with van der Waals surface area (Å²) in [7, 11) is 0. The van der Waals surface area contributed by atoms with Crippen molar-refractivity contribution in [3.05, 3.63) is 12.2 Å². The van der Waals surface area contributed by atoms with Gasteiger partial charge in [0.2, 0.25) is 0 Å². The average molecular weight is 351 g/mol. The maximum Gasteiger partial charge on any atom is 0.123 e. The lowest BCUT2D eigenvalue weighted by atomic mass is 9.96. The minimum absolute atomic E-state index is 0.328. The van der Waals surface area contributed by atoms with Gasteiger partial charge in [-0.05, 0) is 38.5 Å². The molecule has 0 amide bonds. The Morgan fingerprint density at radius 2 is 0.960 bits per heavy atom. The second-order valence-corrected chi connectivity index (χ2v) is 7.76. The fraction of sp³-hybridized carbons (Fsp3) is 0.875. The lowest BCUT2D eigenvalue weighted by Gasteiger charge is -2.09. The minimum Gasteiger partial charge on any atom is -0.303 e. The maximum atomic E-state index is 11.1. The average Bonchev–Trinajstić information content (AvgIpc) is 2.63. The standard InChI is InChI=1S/C24H46O/c1-3-5-7-9-10-11-12-13-14-15-16-17-18-20-22-24(23-25)21-19-8-6-4-2/h13-14,23-24H,3-12,15-22H2,1-2H3. The normalized spacial score (nSPS) is 12.7. The first-order valence-corrected chi connectivity index (χ1v) is 11.4. The van der Waals surface area contributed by atoms with Gasteiger partial charge in [0.05, 0.1) is 0 Å². The van der Waals surface area contributed by atoms with Crippen molar-refractivity contribution in [3.63, 3.8) is 0 Å². The Balaban J connectivity index is 3.30. The number of aldehydes is 1. The zero-order valence-electron chi connectivity index (χ0n) is 17.4. The van der Waals surface area contributed by atoms with Crippen LogP contribution in [0.15, 0.2) is 12.2 Å². The molecule has 0 spiro atoms. The van der Waals surface area contributed by atoms with Gasteiger partial charge >= 0.3 is 0 Å². The van der Waals surface area contributed by atoms with Crippen molar-refractivity contribution in [1.29, 1.82) is 0 Å². The summed E-state index contributed by atoms with van der Waals surface area (Å²) in [4.78, 5) is 11.1. The van der Waals surface area contributed by atoms with Crippen LogP contribution in [0.4, 0.5) is 0 Å². The molecule has 0 saturated heterocycles. The molecule has 1 nitrogen and oxygen atoms in total. The Bertz CT molecular complexity index is 282. The predicted molar refractivity (Wildman–Crippen MR) is 113 cm³/mol. The molecule has 0 aliphatic rings. The first kappa shape index (κ1) is 24.4. The van der Waals surface area contributed by atoms with Gasteiger partial charge in [0.25, 0.3) is 0 Å². The molecule has 25 heavy (non-hydrogen) atoms. The topological polar surface area (TPSA) is 17.1 Å². The van der Waals surface area contributed by atoms with Crippen molar-refractivity contribution in [2.45, 2.75) is 129 Å². The Labute approximate surface area is 159 Å². The second-order valence-electron chi connectivity index (χ2n) is 7.76. The predicted octanol–water partition coefficient (Wildman–Crippen LogP) is 8.42. The lowest BCUT2D eigenvalue weighted by molar-refractivity contribution is -0.111. The van der Waals surface area contributed by atoms with E-state index in [1.807, 2.05) is 0 Å². The SMILES string of the molecule is CCCCCCCCC=CCCCCCCC(C=O)CCCCCC. The molecule has 0 saturated carbocycles. The van der Waals surface area contributed by atoms with Gasteiger partial charge < -0.3 is 4.79 Å². The van der Waals surface area contributed by atoms with Crippen LogP contribution in [0.3, 0.4) is 0 Å². The summed E-state index contributed by atoms with van der Waals surface area (Å²) in [5.74, 6) is 0.328. The number of hydrogen-bond donors (Lipinski definition) is 0. The van der Waals surface area contributed by atoms with Crippen LogP contribution < -0.4 is 0 Å². The molecule has 0 aliphatic carbocycles. The van der Waals surface area contributed by atoms with Crippen molar-refractivity contribution in [1.82, 2.24) is 0 Å². The zero-order valence-corrected chi connectivity index (χ0v) is 17.4. The molecule has 0 bridgehead atoms. The fourth-order valence-corrected chi connectivity index (χ4v) is 3.41. The molecule has 0 aromatic heterocycles. The third kappa shape index (κ3) is 19.6. The summed E-state index contributed by atoms with van der Waals surface area (Å²) in [6.45, 7) is 4.51. The highest BCUT2D eigenvalue weighted by Crippen LogP contribution is 2.17. The van der Waals surface area contributed by atoms with Gasteiger partial charge in [0.15, 0.2) is 0 Å². The van der Waals surface area contributed by atoms with Gasteiger partial charge in [-0.3, -0.25) is 0 Å². The van der Waals surface area contributed by atoms with E-state index >= 15 is 0 Å². The molecular formula is C24H46O. The van der Waals surface area contributed by atoms with E-state index in [1.165, 1.54) is 109 Å². The Morgan fingerprint density at radius 3 is 1.44 bits per heavy atom. The maximum absolute atomic E-state index is 11.1. The molecule has 1 heteroatoms. The van der Waals surface area contributed by atoms with Crippen LogP contribution in [-0.2, 0) is 4.79 Å². The largest absolute Gasteiger partial charge is 0.303 e. The molecule has 1 atom stereocenters. The molecule has 1 unspecified atom stereocenters. The fourth-order valence-electron chi connectivity index (χ4n) is 3.41. The van der Waals surface area contributed by atoms with Gasteiger partial charge in [0.1, 0.15) is 6.29 Å². The molecule has 0 N–H and O–H groups in total. The van der Waals surface area contributed by atoms with Gasteiger partial charge in [-0.25, -0.2) is 0 Å². The third-order valence-electron chi connectivity index (χ3n) is 5.21. The second kappa shape index (κ2) is 21.5. The van der Waals surface area contributed by atoms with Gasteiger partial charge in [0, 0.05) is 5.92 Å². The van der Waals surface area contributed by atoms with Crippen LogP contribution >= 0.6 is 0 Å². The minimum atomic E-state index is 0.328. The Hall–Kier alpha value is -0.590. The van der Waals surface area contributed by atoms with Crippen molar-refractivity contribution >= 4 is 6.29 Å². The van der Waals surface area contributed by atoms with Crippen LogP contribution in [0.5, 0.6) is 0 Å². The van der Waals surface area contributed by atoms with E-state index in [1.54, 1.807) is 0 Å². The molecule has 0 fully saturated rings. The number of unbranched alkanes of at least 4 members (excludes halogenated alkanes) is 13. The highest BCUT2D eigenvalue weighted by atomic mass is 16.1. The van der Waals surface area contributed by atoms with E-state index in [0.29, 0.717) is 5.92 Å². The zero-order chi connectivity index (χ0) is 18.4. The van der Waals surface area contributed by atoms with E-state index in [0.717, 1.165) is 12.8 Å². The first-order chi connectivity index (χ1) is 12.3. The molecule has 0 rings (SSSR count). The summed E-state index contributed by atoms with van der Waals surface area (Å²) < 4.78 is 0. The molecular weight excluding hydrogens is 304 g/mol. The van der Waals surface area contributed by atoms with Crippen LogP contribution in [0.1, 0.15) is 129 Å². The summed E-state index contributed by atoms with van der Waals surface area (Å²) >= 11 is 0. The molecule has 0 radical (unpaired) electrons. The highest BCUT2D eigenvalue weighted by molar-refractivity contribution is 5.53. The Morgan fingerprint density at radius 1 is 0.560 bits per heavy atom. The van der Waals surface area contributed by atoms with Crippen molar-refractivity contribution in [3.8, 4) is 0 Å². The summed E-state index contributed by atoms with van der Waals surface area (Å²) in [6.07, 6.45) is 29.4. The third-order valence-corrected chi connectivity index (χ3v) is 5.21. The highest BCUT2D eigenvalue weighted by Gasteiger charge is 2.06. The van der Waals surface area contributed by atoms with Crippen LogP contribution in [0.2, 0.25) is 0 Å². The smallest absolute Gasteiger partial charge is 0.123 e. The van der Waals surface area contributed by atoms with E-state index in [-0.39, 0.29) is 0 Å². The van der Waals surface area contributed by atoms with Crippen molar-refractivity contribution < 1.29 is 4.79 Å². The molecule has 0 aliphatic heterocycles. The molecule has 0 aromatic rings. The lowest BCUT2D eigenvalue weighted by Crippen LogP contribution is -2.02. The van der Waals surface area contributed by atoms with Crippen LogP contribution in [0.25, 0.3) is 0 Å². The van der Waals surface area contributed by atoms with Crippen molar-refractivity contribution in [2.75, 3.05) is 0 Å². The van der Waals surface area contributed by atoms with Gasteiger partial charge in [-0.1, -0.05) is 103 Å². The number of carbonyl (C=O) groups excluding carboxylic acids is 1. The quantitative estimate of drug-likeness (QED) is 0.122. The first-order valence-electron chi connectivity index (χ1n) is 11.4. The number of hydrogen-bond acceptors (Lipinski definition) is 1. The van der Waals surface area contributed by atoms with Crippen LogP contribution in [0, 0.1) is 5.92 Å². The van der Waals surface area contributed by atoms with Gasteiger partial charge in [-0.2, -0.15) is 0 Å². The van der Waals surface area contributed by atoms with E-state index < -0.39 is 0 Å². The monoisotopic (exact) mass is 350 g/mol. The number of rotatable bonds is 20. The number of carbonyl (C=O) groups is 1. The van der Waals surface area contributed by atoms with E-state index in [2.05, 4.69) is 26.0 Å². The summed E-state index contributed by atoms with van der Waals surface area (Å²) in [5.41, 5.74) is 0. The van der Waals surface area contributed by atoms with E-state index in [4.69, 9.17) is 0 Å². The van der Waals surface area contributed by atoms with Crippen molar-refractivity contribution in [2.24, 2.45) is 5.92 Å². The summed E-state index contributed by atoms with van der Waals surface area (Å²) in [5, 5.41) is 0. The van der Waals surface area contributed by atoms with Gasteiger partial charge in [-0.15, -0.1) is 0 Å². The number of allylic oxidation sites excluding steroid dienone is 2. The summed E-state index contributed by atoms with van der Waals surface area (Å²) in [6, 6.07) is 0. The van der Waals surface area contributed by atoms with E-state index in [9.17, 15) is 4.79 Å². The Kier molecular flexibility index (Phi) is 20.9. The molecule has 148 valence electrons. The van der Waals surface area contributed by atoms with Crippen LogP contribution in [-0.4, -0.2) is 6.29 Å². The molecule has 0 aromatic carbocycles. The molecule has 0 heterocycles.